The molecule has 5 atom stereocenters. The van der Waals surface area contributed by atoms with Gasteiger partial charge in [-0.15, -0.1) is 0 Å². The molecule has 1 aliphatic carbocycles. The summed E-state index contributed by atoms with van der Waals surface area (Å²) in [4.78, 5) is 26.2. The third-order valence-electron chi connectivity index (χ3n) is 5.38. The van der Waals surface area contributed by atoms with Gasteiger partial charge in [-0.1, -0.05) is 0 Å². The zero-order valence-corrected chi connectivity index (χ0v) is 16.2. The van der Waals surface area contributed by atoms with Crippen molar-refractivity contribution in [2.24, 2.45) is 0 Å². The molecule has 0 aromatic heterocycles. The lowest BCUT2D eigenvalue weighted by atomic mass is 9.82. The Bertz CT molecular complexity index is 1080. The van der Waals surface area contributed by atoms with E-state index in [9.17, 15) is 40.2 Å². The molecule has 0 spiro atoms. The maximum Gasteiger partial charge on any atom is 0.229 e. The van der Waals surface area contributed by atoms with Crippen LogP contribution in [-0.4, -0.2) is 79.5 Å². The lowest BCUT2D eigenvalue weighted by Gasteiger charge is -2.39. The van der Waals surface area contributed by atoms with E-state index in [-0.39, 0.29) is 33.8 Å². The summed E-state index contributed by atoms with van der Waals surface area (Å²) in [6, 6.07) is 4.87. The van der Waals surface area contributed by atoms with Gasteiger partial charge >= 0.3 is 0 Å². The van der Waals surface area contributed by atoms with Crippen LogP contribution in [0.3, 0.4) is 0 Å². The van der Waals surface area contributed by atoms with Crippen molar-refractivity contribution in [1.82, 2.24) is 0 Å². The third kappa shape index (κ3) is 3.34. The number of aliphatic hydroxyl groups is 4. The molecule has 0 saturated carbocycles. The molecule has 1 fully saturated rings. The first-order valence-electron chi connectivity index (χ1n) is 9.41. The Morgan fingerprint density at radius 1 is 0.903 bits per heavy atom. The fraction of sp³-hybridized carbons (Fsp3) is 0.333. The minimum atomic E-state index is -1.72. The molecule has 2 aromatic rings. The number of aromatic hydroxyl groups is 2. The van der Waals surface area contributed by atoms with Crippen LogP contribution in [0.1, 0.15) is 37.4 Å². The summed E-state index contributed by atoms with van der Waals surface area (Å²) in [7, 11) is 0. The van der Waals surface area contributed by atoms with Crippen LogP contribution in [0.25, 0.3) is 0 Å². The molecule has 0 unspecified atom stereocenters. The SMILES string of the molecule is Cc1cc(O[C@@H]2O[C@H](CO)[C@@H](O)[C@H](O)[C@@H]2O)c2c(c1)C(=O)c1cc(O)cc(O)c1C2=O. The molecule has 6 N–H and O–H groups in total. The highest BCUT2D eigenvalue weighted by atomic mass is 16.7. The first-order chi connectivity index (χ1) is 14.6. The number of carbonyl (C=O) groups is 2. The monoisotopic (exact) mass is 432 g/mol. The Labute approximate surface area is 175 Å². The van der Waals surface area contributed by atoms with Gasteiger partial charge in [-0.05, 0) is 30.7 Å². The van der Waals surface area contributed by atoms with Gasteiger partial charge in [0.05, 0.1) is 17.7 Å². The number of phenolic OH excluding ortho intramolecular Hbond substituents is 2. The second-order valence-electron chi connectivity index (χ2n) is 7.55. The molecule has 31 heavy (non-hydrogen) atoms. The molecule has 10 heteroatoms. The van der Waals surface area contributed by atoms with Crippen molar-refractivity contribution in [3.05, 3.63) is 52.1 Å². The molecule has 4 rings (SSSR count). The van der Waals surface area contributed by atoms with E-state index in [1.165, 1.54) is 12.1 Å². The van der Waals surface area contributed by atoms with Crippen molar-refractivity contribution in [3.8, 4) is 17.2 Å². The molecule has 10 nitrogen and oxygen atoms in total. The number of aryl methyl sites for hydroxylation is 1. The number of hydrogen-bond acceptors (Lipinski definition) is 10. The highest BCUT2D eigenvalue weighted by Crippen LogP contribution is 2.40. The Hall–Kier alpha value is -3.02. The van der Waals surface area contributed by atoms with Crippen LogP contribution in [0.4, 0.5) is 0 Å². The lowest BCUT2D eigenvalue weighted by Crippen LogP contribution is -2.60. The van der Waals surface area contributed by atoms with E-state index in [0.29, 0.717) is 5.56 Å². The number of ether oxygens (including phenoxy) is 2. The summed E-state index contributed by atoms with van der Waals surface area (Å²) >= 11 is 0. The van der Waals surface area contributed by atoms with Crippen LogP contribution in [0.15, 0.2) is 24.3 Å². The van der Waals surface area contributed by atoms with Gasteiger partial charge in [0, 0.05) is 17.2 Å². The fourth-order valence-corrected chi connectivity index (χ4v) is 3.85. The molecule has 164 valence electrons. The minimum absolute atomic E-state index is 0.0397. The normalized spacial score (nSPS) is 27.6. The maximum atomic E-state index is 13.2. The van der Waals surface area contributed by atoms with Crippen LogP contribution >= 0.6 is 0 Å². The highest BCUT2D eigenvalue weighted by molar-refractivity contribution is 6.30. The third-order valence-corrected chi connectivity index (χ3v) is 5.38. The van der Waals surface area contributed by atoms with Gasteiger partial charge < -0.3 is 40.1 Å². The van der Waals surface area contributed by atoms with E-state index in [1.807, 2.05) is 0 Å². The largest absolute Gasteiger partial charge is 0.508 e. The average molecular weight is 432 g/mol. The van der Waals surface area contributed by atoms with Crippen LogP contribution < -0.4 is 4.74 Å². The van der Waals surface area contributed by atoms with Gasteiger partial charge in [0.25, 0.3) is 0 Å². The van der Waals surface area contributed by atoms with Crippen molar-refractivity contribution >= 4 is 11.6 Å². The van der Waals surface area contributed by atoms with Gasteiger partial charge in [-0.2, -0.15) is 0 Å². The summed E-state index contributed by atoms with van der Waals surface area (Å²) in [5, 5.41) is 59.4. The highest BCUT2D eigenvalue weighted by Gasteiger charge is 2.45. The van der Waals surface area contributed by atoms with Crippen molar-refractivity contribution in [2.75, 3.05) is 6.61 Å². The topological polar surface area (TPSA) is 174 Å². The number of phenols is 2. The van der Waals surface area contributed by atoms with Crippen molar-refractivity contribution in [1.29, 1.82) is 0 Å². The molecular weight excluding hydrogens is 412 g/mol. The first kappa shape index (κ1) is 21.2. The summed E-state index contributed by atoms with van der Waals surface area (Å²) < 4.78 is 11.0. The Balaban J connectivity index is 1.79. The standard InChI is InChI=1S/C21H20O10/c1-7-2-9-15(18(27)14-10(16(9)25)4-8(23)5-11(14)24)12(3-7)30-21-20(29)19(28)17(26)13(6-22)31-21/h2-5,13,17,19-24,26,28-29H,6H2,1H3/t13-,17-,19+,20+,21-/m1/s1. The van der Waals surface area contributed by atoms with E-state index < -0.39 is 54.6 Å². The van der Waals surface area contributed by atoms with Crippen LogP contribution in [0, 0.1) is 6.92 Å². The minimum Gasteiger partial charge on any atom is -0.508 e. The Morgan fingerprint density at radius 2 is 1.58 bits per heavy atom. The fourth-order valence-electron chi connectivity index (χ4n) is 3.85. The van der Waals surface area contributed by atoms with Gasteiger partial charge in [0.2, 0.25) is 12.1 Å². The quantitative estimate of drug-likeness (QED) is 0.312. The van der Waals surface area contributed by atoms with Crippen molar-refractivity contribution in [3.63, 3.8) is 0 Å². The van der Waals surface area contributed by atoms with Gasteiger partial charge in [0.1, 0.15) is 41.7 Å². The molecule has 2 aliphatic rings. The maximum absolute atomic E-state index is 13.2. The van der Waals surface area contributed by atoms with Crippen LogP contribution in [0.2, 0.25) is 0 Å². The van der Waals surface area contributed by atoms with Gasteiger partial charge in [-0.25, -0.2) is 0 Å². The number of hydrogen-bond donors (Lipinski definition) is 6. The predicted molar refractivity (Wildman–Crippen MR) is 102 cm³/mol. The number of aliphatic hydroxyl groups excluding tert-OH is 4. The number of carbonyl (C=O) groups excluding carboxylic acids is 2. The van der Waals surface area contributed by atoms with E-state index in [0.717, 1.165) is 12.1 Å². The molecule has 1 saturated heterocycles. The molecule has 1 aliphatic heterocycles. The summed E-state index contributed by atoms with van der Waals surface area (Å²) in [5.41, 5.74) is -0.187. The molecule has 0 radical (unpaired) electrons. The Kier molecular flexibility index (Phi) is 5.20. The molecule has 0 bridgehead atoms. The molecule has 0 amide bonds. The summed E-state index contributed by atoms with van der Waals surface area (Å²) in [5.74, 6) is -2.50. The molecule has 1 heterocycles. The zero-order chi connectivity index (χ0) is 22.6. The van der Waals surface area contributed by atoms with Gasteiger partial charge in [-0.3, -0.25) is 9.59 Å². The second-order valence-corrected chi connectivity index (χ2v) is 7.55. The van der Waals surface area contributed by atoms with Crippen LogP contribution in [-0.2, 0) is 4.74 Å². The van der Waals surface area contributed by atoms with E-state index in [1.54, 1.807) is 6.92 Å². The number of ketones is 2. The van der Waals surface area contributed by atoms with Crippen molar-refractivity contribution < 1.29 is 49.7 Å². The second kappa shape index (κ2) is 7.59. The molecule has 2 aromatic carbocycles. The number of rotatable bonds is 3. The van der Waals surface area contributed by atoms with E-state index in [2.05, 4.69) is 0 Å². The van der Waals surface area contributed by atoms with E-state index in [4.69, 9.17) is 9.47 Å². The molecular formula is C21H20O10. The summed E-state index contributed by atoms with van der Waals surface area (Å²) in [6.45, 7) is 0.965. The van der Waals surface area contributed by atoms with Crippen molar-refractivity contribution in [2.45, 2.75) is 37.6 Å². The van der Waals surface area contributed by atoms with Crippen LogP contribution in [0.5, 0.6) is 17.2 Å². The summed E-state index contributed by atoms with van der Waals surface area (Å²) in [6.07, 6.45) is -7.80. The number of fused-ring (bicyclic) bond motifs is 2. The number of benzene rings is 2. The van der Waals surface area contributed by atoms with Gasteiger partial charge in [0.15, 0.2) is 5.78 Å². The first-order valence-corrected chi connectivity index (χ1v) is 9.41. The smallest absolute Gasteiger partial charge is 0.229 e. The van der Waals surface area contributed by atoms with E-state index >= 15 is 0 Å². The predicted octanol–water partition coefficient (Wildman–Crippen LogP) is -0.640. The zero-order valence-electron chi connectivity index (χ0n) is 16.2. The lowest BCUT2D eigenvalue weighted by molar-refractivity contribution is -0.277. The average Bonchev–Trinajstić information content (AvgIpc) is 2.71. The Morgan fingerprint density at radius 3 is 2.26 bits per heavy atom.